The molecule has 1 saturated heterocycles. The molecule has 6 rings (SSSR count). The van der Waals surface area contributed by atoms with Crippen molar-refractivity contribution in [1.29, 1.82) is 0 Å². The Morgan fingerprint density at radius 1 is 0.829 bits per heavy atom. The highest BCUT2D eigenvalue weighted by Gasteiger charge is 2.30. The van der Waals surface area contributed by atoms with Crippen LogP contribution in [0.15, 0.2) is 60.9 Å². The average molecular weight is 470 g/mol. The summed E-state index contributed by atoms with van der Waals surface area (Å²) in [6, 6.07) is 18.8. The number of hydrogen-bond donors (Lipinski definition) is 2. The summed E-state index contributed by atoms with van der Waals surface area (Å²) in [4.78, 5) is 11.5. The van der Waals surface area contributed by atoms with Crippen molar-refractivity contribution in [3.63, 3.8) is 0 Å². The van der Waals surface area contributed by atoms with E-state index in [2.05, 4.69) is 24.9 Å². The minimum atomic E-state index is 0.320. The van der Waals surface area contributed by atoms with Crippen LogP contribution >= 0.6 is 0 Å². The Morgan fingerprint density at radius 3 is 2.26 bits per heavy atom. The number of nitrogens with one attached hydrogen (secondary N) is 1. The molecule has 0 atom stereocenters. The molecule has 2 aromatic heterocycles. The fraction of sp³-hybridized carbons (Fsp3) is 0.370. The van der Waals surface area contributed by atoms with Crippen LogP contribution in [0.5, 0.6) is 11.5 Å². The molecule has 4 aromatic rings. The van der Waals surface area contributed by atoms with E-state index in [1.54, 1.807) is 6.33 Å². The number of rotatable bonds is 5. The third-order valence-corrected chi connectivity index (χ3v) is 7.30. The van der Waals surface area contributed by atoms with Gasteiger partial charge in [-0.25, -0.2) is 14.6 Å². The molecule has 2 aromatic carbocycles. The predicted octanol–water partition coefficient (Wildman–Crippen LogP) is 4.26. The summed E-state index contributed by atoms with van der Waals surface area (Å²) in [5.41, 5.74) is 8.97. The Morgan fingerprint density at radius 2 is 1.51 bits per heavy atom. The lowest BCUT2D eigenvalue weighted by atomic mass is 9.90. The molecule has 1 aliphatic carbocycles. The molecule has 2 fully saturated rings. The minimum absolute atomic E-state index is 0.320. The minimum Gasteiger partial charge on any atom is -0.457 e. The molecule has 0 spiro atoms. The molecule has 3 heterocycles. The number of hydrogen-bond acceptors (Lipinski definition) is 7. The Kier molecular flexibility index (Phi) is 6.06. The van der Waals surface area contributed by atoms with E-state index in [0.717, 1.165) is 72.8 Å². The maximum atomic E-state index is 6.35. The fourth-order valence-corrected chi connectivity index (χ4v) is 5.47. The summed E-state index contributed by atoms with van der Waals surface area (Å²) in [6.07, 6.45) is 6.11. The van der Waals surface area contributed by atoms with Crippen molar-refractivity contribution in [2.75, 3.05) is 31.9 Å². The van der Waals surface area contributed by atoms with Crippen molar-refractivity contribution in [3.05, 3.63) is 60.9 Å². The molecule has 1 aliphatic heterocycles. The van der Waals surface area contributed by atoms with Crippen LogP contribution in [0.1, 0.15) is 31.7 Å². The molecule has 3 N–H and O–H groups in total. The molecular weight excluding hydrogens is 438 g/mol. The predicted molar refractivity (Wildman–Crippen MR) is 137 cm³/mol. The van der Waals surface area contributed by atoms with Crippen molar-refractivity contribution in [1.82, 2.24) is 30.0 Å². The second-order valence-corrected chi connectivity index (χ2v) is 9.44. The van der Waals surface area contributed by atoms with E-state index < -0.39 is 0 Å². The number of ether oxygens (including phenoxy) is 1. The van der Waals surface area contributed by atoms with E-state index in [0.29, 0.717) is 17.9 Å². The summed E-state index contributed by atoms with van der Waals surface area (Å²) in [5, 5.41) is 9.35. The monoisotopic (exact) mass is 469 g/mol. The number of nitrogens with two attached hydrogens (primary N) is 1. The second-order valence-electron chi connectivity index (χ2n) is 9.44. The van der Waals surface area contributed by atoms with Crippen LogP contribution < -0.4 is 15.8 Å². The molecule has 180 valence electrons. The highest BCUT2D eigenvalue weighted by molar-refractivity contribution is 5.98. The van der Waals surface area contributed by atoms with Gasteiger partial charge in [-0.2, -0.15) is 5.10 Å². The van der Waals surface area contributed by atoms with Crippen molar-refractivity contribution in [2.45, 2.75) is 37.8 Å². The number of piperazine rings is 1. The van der Waals surface area contributed by atoms with Gasteiger partial charge < -0.3 is 15.8 Å². The lowest BCUT2D eigenvalue weighted by molar-refractivity contribution is 0.121. The molecule has 1 saturated carbocycles. The van der Waals surface area contributed by atoms with Crippen molar-refractivity contribution >= 4 is 16.9 Å². The molecule has 35 heavy (non-hydrogen) atoms. The Hall–Kier alpha value is -3.49. The first-order valence-electron chi connectivity index (χ1n) is 12.5. The highest BCUT2D eigenvalue weighted by Crippen LogP contribution is 2.37. The van der Waals surface area contributed by atoms with Gasteiger partial charge in [-0.05, 0) is 62.1 Å². The highest BCUT2D eigenvalue weighted by atomic mass is 16.5. The van der Waals surface area contributed by atoms with Gasteiger partial charge in [0.15, 0.2) is 5.65 Å². The fourth-order valence-electron chi connectivity index (χ4n) is 5.47. The first-order valence-corrected chi connectivity index (χ1v) is 12.5. The molecule has 2 aliphatic rings. The third kappa shape index (κ3) is 4.47. The number of para-hydroxylation sites is 1. The summed E-state index contributed by atoms with van der Waals surface area (Å²) in [6.45, 7) is 4.49. The van der Waals surface area contributed by atoms with Gasteiger partial charge in [0.2, 0.25) is 0 Å². The van der Waals surface area contributed by atoms with Crippen LogP contribution in [0.3, 0.4) is 0 Å². The van der Waals surface area contributed by atoms with Gasteiger partial charge in [-0.3, -0.25) is 4.90 Å². The molecule has 0 radical (unpaired) electrons. The lowest BCUT2D eigenvalue weighted by Crippen LogP contribution is -2.49. The van der Waals surface area contributed by atoms with E-state index in [1.165, 1.54) is 12.8 Å². The smallest absolute Gasteiger partial charge is 0.164 e. The number of nitrogen functional groups attached to an aromatic ring is 1. The Balaban J connectivity index is 1.26. The van der Waals surface area contributed by atoms with E-state index in [4.69, 9.17) is 15.6 Å². The van der Waals surface area contributed by atoms with Gasteiger partial charge >= 0.3 is 0 Å². The molecule has 0 amide bonds. The van der Waals surface area contributed by atoms with Crippen LogP contribution in [0.2, 0.25) is 0 Å². The molecule has 8 nitrogen and oxygen atoms in total. The number of anilines is 1. The van der Waals surface area contributed by atoms with E-state index in [-0.39, 0.29) is 0 Å². The van der Waals surface area contributed by atoms with E-state index in [9.17, 15) is 0 Å². The molecule has 8 heteroatoms. The summed E-state index contributed by atoms with van der Waals surface area (Å²) >= 11 is 0. The quantitative estimate of drug-likeness (QED) is 0.451. The lowest BCUT2D eigenvalue weighted by Gasteiger charge is -2.39. The van der Waals surface area contributed by atoms with Gasteiger partial charge in [-0.1, -0.05) is 18.2 Å². The first-order chi connectivity index (χ1) is 17.3. The van der Waals surface area contributed by atoms with Crippen LogP contribution in [-0.4, -0.2) is 56.9 Å². The van der Waals surface area contributed by atoms with Gasteiger partial charge in [0.05, 0.1) is 11.4 Å². The van der Waals surface area contributed by atoms with E-state index in [1.807, 2.05) is 54.6 Å². The number of aromatic nitrogens is 4. The zero-order valence-electron chi connectivity index (χ0n) is 19.8. The van der Waals surface area contributed by atoms with Crippen molar-refractivity contribution < 1.29 is 4.74 Å². The van der Waals surface area contributed by atoms with Gasteiger partial charge in [0, 0.05) is 37.8 Å². The SMILES string of the molecule is Nc1ncnc2c1c(-c1ccc(Oc3ccccc3)cc1)nn2[C@H]1CC[C@H](N2CCNCC2)CC1. The normalized spacial score (nSPS) is 21.3. The number of fused-ring (bicyclic) bond motifs is 1. The Labute approximate surface area is 205 Å². The molecular formula is C27H31N7O. The third-order valence-electron chi connectivity index (χ3n) is 7.30. The van der Waals surface area contributed by atoms with Crippen LogP contribution in [0.4, 0.5) is 5.82 Å². The molecule has 0 bridgehead atoms. The summed E-state index contributed by atoms with van der Waals surface area (Å²) in [7, 11) is 0. The average Bonchev–Trinajstić information content (AvgIpc) is 3.31. The van der Waals surface area contributed by atoms with Crippen LogP contribution in [0.25, 0.3) is 22.3 Å². The number of nitrogens with zero attached hydrogens (tertiary/aromatic N) is 5. The van der Waals surface area contributed by atoms with Crippen molar-refractivity contribution in [3.8, 4) is 22.8 Å². The number of benzene rings is 2. The second kappa shape index (κ2) is 9.64. The van der Waals surface area contributed by atoms with Crippen LogP contribution in [-0.2, 0) is 0 Å². The zero-order chi connectivity index (χ0) is 23.6. The van der Waals surface area contributed by atoms with Gasteiger partial charge in [0.1, 0.15) is 29.3 Å². The molecule has 0 unspecified atom stereocenters. The van der Waals surface area contributed by atoms with Gasteiger partial charge in [-0.15, -0.1) is 0 Å². The topological polar surface area (TPSA) is 94.1 Å². The standard InChI is InChI=1S/C27H31N7O/c28-26-24-25(19-6-12-23(13-7-19)35-22-4-2-1-3-5-22)32-34(27(24)31-18-30-26)21-10-8-20(9-11-21)33-16-14-29-15-17-33/h1-7,12-13,18,20-21,29H,8-11,14-17H2,(H2,28,30,31)/t20-,21-. The zero-order valence-corrected chi connectivity index (χ0v) is 19.8. The van der Waals surface area contributed by atoms with E-state index >= 15 is 0 Å². The maximum Gasteiger partial charge on any atom is 0.164 e. The van der Waals surface area contributed by atoms with Crippen LogP contribution in [0, 0.1) is 0 Å². The largest absolute Gasteiger partial charge is 0.457 e. The summed E-state index contributed by atoms with van der Waals surface area (Å²) in [5.74, 6) is 2.05. The maximum absolute atomic E-state index is 6.35. The van der Waals surface area contributed by atoms with Crippen molar-refractivity contribution in [2.24, 2.45) is 0 Å². The van der Waals surface area contributed by atoms with Gasteiger partial charge in [0.25, 0.3) is 0 Å². The Bertz CT molecular complexity index is 1270. The summed E-state index contributed by atoms with van der Waals surface area (Å²) < 4.78 is 8.06. The first kappa shape index (κ1) is 22.0.